The van der Waals surface area contributed by atoms with E-state index in [0.29, 0.717) is 21.5 Å². The second-order valence-electron chi connectivity index (χ2n) is 6.22. The fraction of sp³-hybridized carbons (Fsp3) is 0.0526. The van der Waals surface area contributed by atoms with Crippen LogP contribution in [0.1, 0.15) is 11.1 Å². The first kappa shape index (κ1) is 19.3. The summed E-state index contributed by atoms with van der Waals surface area (Å²) in [4.78, 5) is 27.4. The zero-order valence-electron chi connectivity index (χ0n) is 15.4. The summed E-state index contributed by atoms with van der Waals surface area (Å²) in [6.45, 7) is 0. The Morgan fingerprint density at radius 3 is 2.53 bits per heavy atom. The molecule has 1 aromatic heterocycles. The molecule has 2 heterocycles. The van der Waals surface area contributed by atoms with Crippen molar-refractivity contribution in [3.05, 3.63) is 64.6 Å². The van der Waals surface area contributed by atoms with Crippen LogP contribution in [-0.2, 0) is 16.0 Å². The monoisotopic (exact) mass is 421 g/mol. The topological polar surface area (TPSA) is 145 Å². The van der Waals surface area contributed by atoms with Crippen molar-refractivity contribution in [2.24, 2.45) is 4.99 Å². The van der Waals surface area contributed by atoms with Crippen molar-refractivity contribution < 1.29 is 14.7 Å². The van der Waals surface area contributed by atoms with E-state index in [4.69, 9.17) is 5.11 Å². The molecule has 0 aliphatic carbocycles. The summed E-state index contributed by atoms with van der Waals surface area (Å²) in [5, 5.41) is 22.9. The van der Waals surface area contributed by atoms with Crippen molar-refractivity contribution in [2.75, 3.05) is 5.43 Å². The Kier molecular flexibility index (Phi) is 5.52. The Morgan fingerprint density at radius 1 is 1.10 bits per heavy atom. The van der Waals surface area contributed by atoms with Gasteiger partial charge in [0.15, 0.2) is 11.0 Å². The fourth-order valence-electron chi connectivity index (χ4n) is 2.64. The summed E-state index contributed by atoms with van der Waals surface area (Å²) < 4.78 is 0. The first-order valence-corrected chi connectivity index (χ1v) is 9.58. The van der Waals surface area contributed by atoms with Gasteiger partial charge < -0.3 is 5.11 Å². The van der Waals surface area contributed by atoms with Gasteiger partial charge in [-0.1, -0.05) is 36.4 Å². The van der Waals surface area contributed by atoms with E-state index in [2.05, 4.69) is 36.5 Å². The number of nitrogens with zero attached hydrogens (tertiary/aromatic N) is 4. The summed E-state index contributed by atoms with van der Waals surface area (Å²) in [5.74, 6) is -0.643. The van der Waals surface area contributed by atoms with Gasteiger partial charge >= 0.3 is 5.97 Å². The van der Waals surface area contributed by atoms with E-state index in [1.165, 1.54) is 11.8 Å². The van der Waals surface area contributed by atoms with Crippen molar-refractivity contribution in [1.82, 2.24) is 26.0 Å². The number of anilines is 1. The van der Waals surface area contributed by atoms with Gasteiger partial charge in [-0.3, -0.25) is 20.4 Å². The van der Waals surface area contributed by atoms with E-state index in [0.717, 1.165) is 16.8 Å². The van der Waals surface area contributed by atoms with Gasteiger partial charge in [0.05, 0.1) is 17.0 Å². The number of amidine groups is 1. The Morgan fingerprint density at radius 2 is 1.87 bits per heavy atom. The molecule has 4 rings (SSSR count). The van der Waals surface area contributed by atoms with E-state index in [-0.39, 0.29) is 12.3 Å². The van der Waals surface area contributed by atoms with Gasteiger partial charge in [-0.25, -0.2) is 5.10 Å². The minimum atomic E-state index is -0.881. The predicted octanol–water partition coefficient (Wildman–Crippen LogP) is 2.08. The number of thioether (sulfide) groups is 1. The molecule has 0 fully saturated rings. The molecule has 0 bridgehead atoms. The van der Waals surface area contributed by atoms with Crippen LogP contribution in [0.3, 0.4) is 0 Å². The normalized spacial score (nSPS) is 14.6. The van der Waals surface area contributed by atoms with Crippen LogP contribution in [-0.4, -0.2) is 42.8 Å². The minimum absolute atomic E-state index is 0.0325. The van der Waals surface area contributed by atoms with Gasteiger partial charge in [-0.2, -0.15) is 4.99 Å². The van der Waals surface area contributed by atoms with Crippen molar-refractivity contribution in [1.29, 1.82) is 0 Å². The number of aliphatic carboxylic acids is 1. The zero-order valence-corrected chi connectivity index (χ0v) is 16.2. The van der Waals surface area contributed by atoms with Crippen molar-refractivity contribution in [3.63, 3.8) is 0 Å². The van der Waals surface area contributed by atoms with E-state index >= 15 is 0 Å². The second kappa shape index (κ2) is 8.57. The SMILES string of the molecule is O=C(O)Cc1ccc(NNC2=NC(=O)/C(=C/c3ccc(-c4nnn[nH]4)cc3)S2)cc1. The van der Waals surface area contributed by atoms with Crippen LogP contribution >= 0.6 is 11.8 Å². The highest BCUT2D eigenvalue weighted by Crippen LogP contribution is 2.28. The summed E-state index contributed by atoms with van der Waals surface area (Å²) in [6.07, 6.45) is 1.73. The molecule has 2 aromatic carbocycles. The van der Waals surface area contributed by atoms with Gasteiger partial charge in [-0.05, 0) is 51.5 Å². The summed E-state index contributed by atoms with van der Waals surface area (Å²) in [5.41, 5.74) is 8.94. The number of nitrogens with one attached hydrogen (secondary N) is 3. The van der Waals surface area contributed by atoms with Crippen LogP contribution < -0.4 is 10.9 Å². The molecule has 1 aliphatic heterocycles. The standard InChI is InChI=1S/C19H15N7O3S/c27-16(28)10-12-3-7-14(8-4-12)21-24-19-20-18(29)15(30-19)9-11-1-5-13(6-2-11)17-22-25-26-23-17/h1-9,21H,10H2,(H,27,28)(H,20,24,29)(H,22,23,25,26)/b15-9-. The first-order valence-electron chi connectivity index (χ1n) is 8.76. The van der Waals surface area contributed by atoms with E-state index < -0.39 is 5.97 Å². The lowest BCUT2D eigenvalue weighted by molar-refractivity contribution is -0.136. The molecular weight excluding hydrogens is 406 g/mol. The molecule has 150 valence electrons. The molecular formula is C19H15N7O3S. The number of aliphatic imine (C=N–C) groups is 1. The molecule has 3 aromatic rings. The fourth-order valence-corrected chi connectivity index (χ4v) is 3.41. The lowest BCUT2D eigenvalue weighted by Gasteiger charge is -2.08. The maximum Gasteiger partial charge on any atom is 0.307 e. The van der Waals surface area contributed by atoms with Crippen LogP contribution in [0.15, 0.2) is 58.4 Å². The number of hydrazine groups is 1. The molecule has 0 atom stereocenters. The summed E-state index contributed by atoms with van der Waals surface area (Å²) in [7, 11) is 0. The average Bonchev–Trinajstić information content (AvgIpc) is 3.38. The van der Waals surface area contributed by atoms with Gasteiger partial charge in [0.1, 0.15) is 0 Å². The third-order valence-corrected chi connectivity index (χ3v) is 4.97. The summed E-state index contributed by atoms with van der Waals surface area (Å²) in [6, 6.07) is 14.4. The van der Waals surface area contributed by atoms with E-state index in [1.54, 1.807) is 30.3 Å². The third-order valence-electron chi connectivity index (χ3n) is 4.07. The molecule has 0 saturated carbocycles. The maximum atomic E-state index is 12.2. The maximum absolute atomic E-state index is 12.2. The molecule has 30 heavy (non-hydrogen) atoms. The number of carbonyl (C=O) groups excluding carboxylic acids is 1. The van der Waals surface area contributed by atoms with Crippen LogP contribution in [0, 0.1) is 0 Å². The highest BCUT2D eigenvalue weighted by atomic mass is 32.2. The largest absolute Gasteiger partial charge is 0.481 e. The Labute approximate surface area is 174 Å². The highest BCUT2D eigenvalue weighted by molar-refractivity contribution is 8.18. The molecule has 0 radical (unpaired) electrons. The number of aromatic nitrogens is 4. The number of tetrazole rings is 1. The zero-order chi connectivity index (χ0) is 20.9. The van der Waals surface area contributed by atoms with E-state index in [1.807, 2.05) is 24.3 Å². The lowest BCUT2D eigenvalue weighted by atomic mass is 10.1. The molecule has 0 spiro atoms. The molecule has 10 nitrogen and oxygen atoms in total. The van der Waals surface area contributed by atoms with Crippen LogP contribution in [0.4, 0.5) is 5.69 Å². The van der Waals surface area contributed by atoms with Crippen LogP contribution in [0.5, 0.6) is 0 Å². The number of carboxylic acid groups (broad SMARTS) is 1. The Balaban J connectivity index is 1.35. The van der Waals surface area contributed by atoms with Crippen molar-refractivity contribution in [3.8, 4) is 11.4 Å². The number of rotatable bonds is 6. The number of amides is 1. The first-order chi connectivity index (χ1) is 14.6. The number of aromatic amines is 1. The second-order valence-corrected chi connectivity index (χ2v) is 7.25. The quantitative estimate of drug-likeness (QED) is 0.347. The third kappa shape index (κ3) is 4.70. The number of hydrogen-bond donors (Lipinski definition) is 4. The number of carbonyl (C=O) groups is 2. The Bertz CT molecular complexity index is 1120. The number of hydrogen-bond acceptors (Lipinski definition) is 8. The van der Waals surface area contributed by atoms with Gasteiger partial charge in [0, 0.05) is 5.56 Å². The van der Waals surface area contributed by atoms with Crippen molar-refractivity contribution >= 4 is 40.6 Å². The van der Waals surface area contributed by atoms with Crippen molar-refractivity contribution in [2.45, 2.75) is 6.42 Å². The van der Waals surface area contributed by atoms with Gasteiger partial charge in [0.25, 0.3) is 5.91 Å². The predicted molar refractivity (Wildman–Crippen MR) is 112 cm³/mol. The van der Waals surface area contributed by atoms with E-state index in [9.17, 15) is 9.59 Å². The van der Waals surface area contributed by atoms with Gasteiger partial charge in [0.2, 0.25) is 0 Å². The minimum Gasteiger partial charge on any atom is -0.481 e. The molecule has 4 N–H and O–H groups in total. The highest BCUT2D eigenvalue weighted by Gasteiger charge is 2.21. The molecule has 11 heteroatoms. The van der Waals surface area contributed by atoms with Crippen LogP contribution in [0.25, 0.3) is 17.5 Å². The molecule has 0 saturated heterocycles. The number of H-pyrrole nitrogens is 1. The summed E-state index contributed by atoms with van der Waals surface area (Å²) >= 11 is 1.22. The number of benzene rings is 2. The lowest BCUT2D eigenvalue weighted by Crippen LogP contribution is -2.25. The molecule has 1 amide bonds. The average molecular weight is 421 g/mol. The number of carboxylic acids is 1. The molecule has 1 aliphatic rings. The smallest absolute Gasteiger partial charge is 0.307 e. The Hall–Kier alpha value is -3.99. The van der Waals surface area contributed by atoms with Gasteiger partial charge in [-0.15, -0.1) is 5.10 Å². The van der Waals surface area contributed by atoms with Crippen LogP contribution in [0.2, 0.25) is 0 Å². The molecule has 0 unspecified atom stereocenters.